The standard InChI is InChI=1S/C38H32N4O14S4/c43-30-14-4-22-18-28(57(45,46)47)20-32(59(51,52)53)34(22)36(30)41-39-26-10-6-24(7-11-26)38(16-2-1-3-17-38)25-8-12-27(13-9-25)40-42-37-31(44)15-5-23-19-29(58(48,49)50)21-33(35(23)37)60(54,55)56/h4-15,18-21,43-44H,1-3,16-17H2,(H,45,46,47)(H,48,49,50)(H,51,52,53)(H,54,55,56). The topological polar surface area (TPSA) is 307 Å². The summed E-state index contributed by atoms with van der Waals surface area (Å²) in [7, 11) is -19.9. The fraction of sp³-hybridized carbons (Fsp3) is 0.158. The maximum Gasteiger partial charge on any atom is 0.295 e. The number of phenols is 2. The van der Waals surface area contributed by atoms with E-state index in [0.29, 0.717) is 23.5 Å². The third-order valence-electron chi connectivity index (χ3n) is 10.2. The minimum absolute atomic E-state index is 0.0820. The van der Waals surface area contributed by atoms with Gasteiger partial charge in [-0.25, -0.2) is 0 Å². The molecule has 0 unspecified atom stereocenters. The van der Waals surface area contributed by atoms with Crippen molar-refractivity contribution in [2.24, 2.45) is 20.5 Å². The van der Waals surface area contributed by atoms with E-state index < -0.39 is 77.0 Å². The first-order valence-electron chi connectivity index (χ1n) is 17.6. The van der Waals surface area contributed by atoms with Crippen molar-refractivity contribution in [1.82, 2.24) is 0 Å². The van der Waals surface area contributed by atoms with Crippen LogP contribution in [0.1, 0.15) is 43.2 Å². The van der Waals surface area contributed by atoms with Crippen LogP contribution >= 0.6 is 0 Å². The number of aromatic hydroxyl groups is 2. The lowest BCUT2D eigenvalue weighted by molar-refractivity contribution is 0.346. The fourth-order valence-electron chi connectivity index (χ4n) is 7.46. The number of hydrogen-bond acceptors (Lipinski definition) is 14. The van der Waals surface area contributed by atoms with Crippen LogP contribution in [0, 0.1) is 0 Å². The van der Waals surface area contributed by atoms with Gasteiger partial charge in [0.05, 0.1) is 21.2 Å². The lowest BCUT2D eigenvalue weighted by Crippen LogP contribution is -2.30. The minimum atomic E-state index is -5.09. The summed E-state index contributed by atoms with van der Waals surface area (Å²) in [5.41, 5.74) is 1.22. The lowest BCUT2D eigenvalue weighted by atomic mass is 9.65. The Kier molecular flexibility index (Phi) is 10.9. The van der Waals surface area contributed by atoms with Crippen molar-refractivity contribution in [3.8, 4) is 11.5 Å². The summed E-state index contributed by atoms with van der Waals surface area (Å²) in [6.07, 6.45) is 4.38. The monoisotopic (exact) mass is 896 g/mol. The van der Waals surface area contributed by atoms with E-state index in [0.717, 1.165) is 67.5 Å². The van der Waals surface area contributed by atoms with Crippen molar-refractivity contribution in [3.63, 3.8) is 0 Å². The van der Waals surface area contributed by atoms with Crippen molar-refractivity contribution >= 4 is 84.8 Å². The molecule has 1 aliphatic carbocycles. The molecular formula is C38H32N4O14S4. The molecule has 0 atom stereocenters. The highest BCUT2D eigenvalue weighted by molar-refractivity contribution is 7.87. The second-order valence-electron chi connectivity index (χ2n) is 13.9. The molecule has 7 rings (SSSR count). The van der Waals surface area contributed by atoms with E-state index in [2.05, 4.69) is 20.5 Å². The van der Waals surface area contributed by atoms with Gasteiger partial charge in [0.25, 0.3) is 40.5 Å². The molecule has 0 bridgehead atoms. The van der Waals surface area contributed by atoms with Crippen molar-refractivity contribution in [3.05, 3.63) is 108 Å². The van der Waals surface area contributed by atoms with Crippen molar-refractivity contribution < 1.29 is 62.1 Å². The highest BCUT2D eigenvalue weighted by Crippen LogP contribution is 2.47. The van der Waals surface area contributed by atoms with E-state index in [-0.39, 0.29) is 32.9 Å². The normalized spacial score (nSPS) is 15.3. The second-order valence-corrected chi connectivity index (χ2v) is 19.6. The number of azo groups is 2. The van der Waals surface area contributed by atoms with E-state index >= 15 is 0 Å². The van der Waals surface area contributed by atoms with Crippen molar-refractivity contribution in [2.45, 2.75) is 57.1 Å². The average molecular weight is 897 g/mol. The molecule has 6 N–H and O–H groups in total. The predicted molar refractivity (Wildman–Crippen MR) is 216 cm³/mol. The van der Waals surface area contributed by atoms with Crippen molar-refractivity contribution in [2.75, 3.05) is 0 Å². The minimum Gasteiger partial charge on any atom is -0.506 e. The molecule has 0 radical (unpaired) electrons. The van der Waals surface area contributed by atoms with Gasteiger partial charge in [-0.1, -0.05) is 55.7 Å². The Hall–Kier alpha value is -5.72. The zero-order valence-electron chi connectivity index (χ0n) is 30.6. The maximum atomic E-state index is 12.3. The van der Waals surface area contributed by atoms with E-state index in [4.69, 9.17) is 0 Å². The molecule has 0 heterocycles. The first-order valence-corrected chi connectivity index (χ1v) is 23.4. The van der Waals surface area contributed by atoms with Crippen LogP contribution in [0.25, 0.3) is 21.5 Å². The molecule has 0 amide bonds. The number of nitrogens with zero attached hydrogens (tertiary/aromatic N) is 4. The summed E-state index contributed by atoms with van der Waals surface area (Å²) >= 11 is 0. The van der Waals surface area contributed by atoms with Gasteiger partial charge < -0.3 is 10.2 Å². The third kappa shape index (κ3) is 8.35. The summed E-state index contributed by atoms with van der Waals surface area (Å²) in [5.74, 6) is -1.05. The highest BCUT2D eigenvalue weighted by atomic mass is 32.2. The average Bonchev–Trinajstić information content (AvgIpc) is 3.18. The number of rotatable bonds is 10. The Labute approximate surface area is 342 Å². The molecule has 6 aromatic carbocycles. The zero-order chi connectivity index (χ0) is 43.4. The molecule has 18 nitrogen and oxygen atoms in total. The molecule has 6 aromatic rings. The van der Waals surface area contributed by atoms with Gasteiger partial charge in [-0.05, 0) is 95.4 Å². The highest BCUT2D eigenvalue weighted by Gasteiger charge is 2.36. The Bertz CT molecular complexity index is 3030. The van der Waals surface area contributed by atoms with Crippen LogP contribution in [-0.4, -0.2) is 62.1 Å². The first kappa shape index (κ1) is 42.4. The number of hydrogen-bond donors (Lipinski definition) is 6. The largest absolute Gasteiger partial charge is 0.506 e. The van der Waals surface area contributed by atoms with E-state index in [1.807, 2.05) is 24.3 Å². The van der Waals surface area contributed by atoms with Gasteiger partial charge in [-0.2, -0.15) is 43.9 Å². The molecule has 0 saturated heterocycles. The second kappa shape index (κ2) is 15.4. The molecule has 22 heteroatoms. The van der Waals surface area contributed by atoms with Gasteiger partial charge in [-0.15, -0.1) is 10.2 Å². The van der Waals surface area contributed by atoms with Crippen LogP contribution in [0.5, 0.6) is 11.5 Å². The molecule has 312 valence electrons. The van der Waals surface area contributed by atoms with E-state index in [1.165, 1.54) is 12.1 Å². The van der Waals surface area contributed by atoms with E-state index in [9.17, 15) is 62.1 Å². The molecular weight excluding hydrogens is 865 g/mol. The van der Waals surface area contributed by atoms with Gasteiger partial charge in [0.2, 0.25) is 0 Å². The first-order chi connectivity index (χ1) is 28.1. The number of fused-ring (bicyclic) bond motifs is 2. The van der Waals surface area contributed by atoms with Crippen LogP contribution < -0.4 is 0 Å². The molecule has 0 aliphatic heterocycles. The summed E-state index contributed by atoms with van der Waals surface area (Å²) in [5, 5.41) is 36.9. The summed E-state index contributed by atoms with van der Waals surface area (Å²) in [6, 6.07) is 21.7. The van der Waals surface area contributed by atoms with E-state index in [1.54, 1.807) is 24.3 Å². The fourth-order valence-corrected chi connectivity index (χ4v) is 10.2. The van der Waals surface area contributed by atoms with Crippen LogP contribution in [0.2, 0.25) is 0 Å². The summed E-state index contributed by atoms with van der Waals surface area (Å²) in [6.45, 7) is 0. The molecule has 60 heavy (non-hydrogen) atoms. The lowest BCUT2D eigenvalue weighted by Gasteiger charge is -2.38. The number of phenolic OH excluding ortho intramolecular Hbond substituents is 2. The van der Waals surface area contributed by atoms with Crippen LogP contribution in [0.4, 0.5) is 22.7 Å². The van der Waals surface area contributed by atoms with Gasteiger partial charge in [0, 0.05) is 16.2 Å². The quantitative estimate of drug-likeness (QED) is 0.0555. The Morgan fingerprint density at radius 2 is 0.800 bits per heavy atom. The van der Waals surface area contributed by atoms with Gasteiger partial charge in [-0.3, -0.25) is 18.2 Å². The van der Waals surface area contributed by atoms with Gasteiger partial charge in [0.15, 0.2) is 0 Å². The van der Waals surface area contributed by atoms with Crippen molar-refractivity contribution in [1.29, 1.82) is 0 Å². The van der Waals surface area contributed by atoms with Gasteiger partial charge >= 0.3 is 0 Å². The Morgan fingerprint density at radius 1 is 0.433 bits per heavy atom. The number of benzene rings is 6. The van der Waals surface area contributed by atoms with Crippen LogP contribution in [0.3, 0.4) is 0 Å². The summed E-state index contributed by atoms with van der Waals surface area (Å²) < 4.78 is 135. The molecule has 1 aliphatic rings. The third-order valence-corrected chi connectivity index (χ3v) is 13.7. The molecule has 1 fully saturated rings. The Balaban J connectivity index is 1.21. The zero-order valence-corrected chi connectivity index (χ0v) is 33.9. The van der Waals surface area contributed by atoms with Crippen LogP contribution in [-0.2, 0) is 45.9 Å². The molecule has 0 spiro atoms. The predicted octanol–water partition coefficient (Wildman–Crippen LogP) is 8.47. The maximum absolute atomic E-state index is 12.3. The molecule has 0 aromatic heterocycles. The Morgan fingerprint density at radius 3 is 1.13 bits per heavy atom. The SMILES string of the molecule is O=S(=O)(O)c1cc(S(=O)(=O)O)c2c(N=Nc3ccc(C4(c5ccc(N=Nc6c(O)ccc7cc(S(=O)(=O)O)cc(S(=O)(=O)O)c67)cc5)CCCCC4)cc3)c(O)ccc2c1. The van der Waals surface area contributed by atoms with Crippen LogP contribution in [0.15, 0.2) is 137 Å². The summed E-state index contributed by atoms with van der Waals surface area (Å²) in [4.78, 5) is -3.45. The molecule has 1 saturated carbocycles. The van der Waals surface area contributed by atoms with Gasteiger partial charge in [0.1, 0.15) is 32.7 Å². The smallest absolute Gasteiger partial charge is 0.295 e.